The first kappa shape index (κ1) is 12.9. The lowest BCUT2D eigenvalue weighted by molar-refractivity contribution is 0.0696. The van der Waals surface area contributed by atoms with E-state index >= 15 is 0 Å². The summed E-state index contributed by atoms with van der Waals surface area (Å²) in [7, 11) is 0. The molecule has 1 N–H and O–H groups in total. The van der Waals surface area contributed by atoms with Crippen LogP contribution in [0.25, 0.3) is 0 Å². The number of benzene rings is 1. The smallest absolute Gasteiger partial charge is 0.335 e. The zero-order chi connectivity index (χ0) is 13.5. The number of rotatable bonds is 2. The van der Waals surface area contributed by atoms with Gasteiger partial charge in [0.05, 0.1) is 10.5 Å². The molecular weight excluding hydrogens is 260 g/mol. The van der Waals surface area contributed by atoms with E-state index < -0.39 is 5.97 Å². The van der Waals surface area contributed by atoms with Gasteiger partial charge in [0.25, 0.3) is 0 Å². The van der Waals surface area contributed by atoms with Crippen LogP contribution >= 0.6 is 11.8 Å². The van der Waals surface area contributed by atoms with E-state index in [4.69, 9.17) is 9.84 Å². The first-order valence-electron chi connectivity index (χ1n) is 6.84. The lowest BCUT2D eigenvalue weighted by atomic mass is 9.85. The summed E-state index contributed by atoms with van der Waals surface area (Å²) in [5.74, 6) is 0.518. The van der Waals surface area contributed by atoms with E-state index in [2.05, 4.69) is 6.92 Å². The third-order valence-electron chi connectivity index (χ3n) is 4.16. The van der Waals surface area contributed by atoms with Crippen molar-refractivity contribution in [2.45, 2.75) is 48.9 Å². The Hall–Kier alpha value is -1.16. The van der Waals surface area contributed by atoms with Crippen molar-refractivity contribution in [1.82, 2.24) is 0 Å². The second-order valence-corrected chi connectivity index (χ2v) is 6.98. The number of thioether (sulfide) groups is 1. The number of aromatic carboxylic acids is 1. The summed E-state index contributed by atoms with van der Waals surface area (Å²) in [4.78, 5) is 11.8. The second-order valence-electron chi connectivity index (χ2n) is 5.52. The van der Waals surface area contributed by atoms with Gasteiger partial charge in [-0.3, -0.25) is 0 Å². The molecule has 0 aromatic heterocycles. The maximum absolute atomic E-state index is 11.0. The van der Waals surface area contributed by atoms with Gasteiger partial charge in [-0.25, -0.2) is 4.79 Å². The van der Waals surface area contributed by atoms with Crippen molar-refractivity contribution in [3.8, 4) is 5.75 Å². The predicted octanol–water partition coefficient (Wildman–Crippen LogP) is 4.17. The molecule has 3 rings (SSSR count). The van der Waals surface area contributed by atoms with Crippen LogP contribution in [0.1, 0.15) is 49.4 Å². The van der Waals surface area contributed by atoms with Crippen LogP contribution in [0.15, 0.2) is 23.1 Å². The van der Waals surface area contributed by atoms with Gasteiger partial charge in [-0.2, -0.15) is 0 Å². The maximum Gasteiger partial charge on any atom is 0.335 e. The Balaban J connectivity index is 1.84. The minimum atomic E-state index is -0.880. The number of carbonyl (C=O) groups is 1. The van der Waals surface area contributed by atoms with E-state index in [1.165, 1.54) is 32.1 Å². The summed E-state index contributed by atoms with van der Waals surface area (Å²) in [6.07, 6.45) is 6.31. The molecule has 3 nitrogen and oxygen atoms in total. The first-order valence-corrected chi connectivity index (χ1v) is 7.65. The van der Waals surface area contributed by atoms with Crippen molar-refractivity contribution in [3.63, 3.8) is 0 Å². The molecule has 0 radical (unpaired) electrons. The minimum Gasteiger partial charge on any atom is -0.478 e. The first-order chi connectivity index (χ1) is 9.08. The van der Waals surface area contributed by atoms with E-state index in [0.29, 0.717) is 11.5 Å². The molecule has 0 bridgehead atoms. The highest BCUT2D eigenvalue weighted by Gasteiger charge is 2.43. The quantitative estimate of drug-likeness (QED) is 0.882. The molecule has 1 aromatic carbocycles. The van der Waals surface area contributed by atoms with E-state index in [0.717, 1.165) is 10.6 Å². The van der Waals surface area contributed by atoms with Gasteiger partial charge in [0.1, 0.15) is 5.75 Å². The molecule has 2 aliphatic rings. The molecule has 1 aliphatic carbocycles. The normalized spacial score (nSPS) is 26.8. The highest BCUT2D eigenvalue weighted by atomic mass is 32.2. The summed E-state index contributed by atoms with van der Waals surface area (Å²) in [6, 6.07) is 5.14. The van der Waals surface area contributed by atoms with Gasteiger partial charge in [0.2, 0.25) is 0 Å². The van der Waals surface area contributed by atoms with Crippen molar-refractivity contribution in [2.24, 2.45) is 5.92 Å². The van der Waals surface area contributed by atoms with Gasteiger partial charge in [-0.05, 0) is 38.0 Å². The van der Waals surface area contributed by atoms with Crippen LogP contribution in [0.2, 0.25) is 0 Å². The topological polar surface area (TPSA) is 46.5 Å². The Morgan fingerprint density at radius 1 is 1.37 bits per heavy atom. The molecule has 0 saturated heterocycles. The van der Waals surface area contributed by atoms with Gasteiger partial charge in [-0.1, -0.05) is 31.0 Å². The predicted molar refractivity (Wildman–Crippen MR) is 74.9 cm³/mol. The number of ether oxygens (including phenoxy) is 1. The molecule has 1 atom stereocenters. The summed E-state index contributed by atoms with van der Waals surface area (Å²) < 4.78 is 6.14. The zero-order valence-corrected chi connectivity index (χ0v) is 11.8. The number of hydrogen-bond acceptors (Lipinski definition) is 3. The Bertz CT molecular complexity index is 508. The lowest BCUT2D eigenvalue weighted by Gasteiger charge is -2.35. The molecule has 19 heavy (non-hydrogen) atoms. The van der Waals surface area contributed by atoms with Crippen molar-refractivity contribution in [2.75, 3.05) is 0 Å². The van der Waals surface area contributed by atoms with Gasteiger partial charge in [0, 0.05) is 5.92 Å². The number of fused-ring (bicyclic) bond motifs is 1. The Labute approximate surface area is 117 Å². The molecule has 1 aromatic rings. The van der Waals surface area contributed by atoms with Crippen LogP contribution in [0.4, 0.5) is 0 Å². The standard InChI is InChI=1S/C15H18O3S/c1-15(11-5-3-2-4-6-11)18-12-8-7-10(14(16)17)9-13(12)19-15/h7-9,11H,2-6H2,1H3,(H,16,17). The highest BCUT2D eigenvalue weighted by molar-refractivity contribution is 8.00. The Kier molecular flexibility index (Phi) is 3.21. The number of carboxylic acids is 1. The monoisotopic (exact) mass is 278 g/mol. The molecular formula is C15H18O3S. The van der Waals surface area contributed by atoms with E-state index in [1.54, 1.807) is 30.0 Å². The van der Waals surface area contributed by atoms with Crippen LogP contribution in [0, 0.1) is 5.92 Å². The van der Waals surface area contributed by atoms with Crippen molar-refractivity contribution in [1.29, 1.82) is 0 Å². The molecule has 0 amide bonds. The SMILES string of the molecule is CC1(C2CCCCC2)Oc2ccc(C(=O)O)cc2S1. The van der Waals surface area contributed by atoms with E-state index in [9.17, 15) is 4.79 Å². The van der Waals surface area contributed by atoms with E-state index in [1.807, 2.05) is 0 Å². The second kappa shape index (κ2) is 4.75. The summed E-state index contributed by atoms with van der Waals surface area (Å²) >= 11 is 1.69. The van der Waals surface area contributed by atoms with Crippen LogP contribution in [0.5, 0.6) is 5.75 Å². The maximum atomic E-state index is 11.0. The van der Waals surface area contributed by atoms with Crippen LogP contribution in [-0.4, -0.2) is 16.0 Å². The highest BCUT2D eigenvalue weighted by Crippen LogP contribution is 2.53. The zero-order valence-electron chi connectivity index (χ0n) is 11.0. The Morgan fingerprint density at radius 3 is 2.79 bits per heavy atom. The number of hydrogen-bond donors (Lipinski definition) is 1. The molecule has 1 saturated carbocycles. The fourth-order valence-corrected chi connectivity index (χ4v) is 4.42. The molecule has 1 aliphatic heterocycles. The fourth-order valence-electron chi connectivity index (χ4n) is 3.06. The van der Waals surface area contributed by atoms with Crippen LogP contribution < -0.4 is 4.74 Å². The van der Waals surface area contributed by atoms with Crippen molar-refractivity contribution < 1.29 is 14.6 Å². The average molecular weight is 278 g/mol. The number of carboxylic acid groups (broad SMARTS) is 1. The fraction of sp³-hybridized carbons (Fsp3) is 0.533. The molecule has 0 spiro atoms. The van der Waals surface area contributed by atoms with Gasteiger partial charge in [-0.15, -0.1) is 0 Å². The van der Waals surface area contributed by atoms with Gasteiger partial charge in [0.15, 0.2) is 4.93 Å². The largest absolute Gasteiger partial charge is 0.478 e. The van der Waals surface area contributed by atoms with Crippen LogP contribution in [-0.2, 0) is 0 Å². The van der Waals surface area contributed by atoms with Crippen molar-refractivity contribution >= 4 is 17.7 Å². The summed E-state index contributed by atoms with van der Waals surface area (Å²) in [6.45, 7) is 2.15. The third kappa shape index (κ3) is 2.34. The van der Waals surface area contributed by atoms with Gasteiger partial charge < -0.3 is 9.84 Å². The molecule has 1 unspecified atom stereocenters. The molecule has 1 heterocycles. The van der Waals surface area contributed by atoms with Crippen molar-refractivity contribution in [3.05, 3.63) is 23.8 Å². The average Bonchev–Trinajstić information content (AvgIpc) is 2.76. The molecule has 4 heteroatoms. The minimum absolute atomic E-state index is 0.222. The van der Waals surface area contributed by atoms with Crippen LogP contribution in [0.3, 0.4) is 0 Å². The third-order valence-corrected chi connectivity index (χ3v) is 5.52. The van der Waals surface area contributed by atoms with E-state index in [-0.39, 0.29) is 4.93 Å². The molecule has 1 fully saturated rings. The molecule has 102 valence electrons. The lowest BCUT2D eigenvalue weighted by Crippen LogP contribution is -2.35. The summed E-state index contributed by atoms with van der Waals surface area (Å²) in [5, 5.41) is 9.04. The van der Waals surface area contributed by atoms with Gasteiger partial charge >= 0.3 is 5.97 Å². The summed E-state index contributed by atoms with van der Waals surface area (Å²) in [5.41, 5.74) is 0.336. The Morgan fingerprint density at radius 2 is 2.11 bits per heavy atom.